The van der Waals surface area contributed by atoms with E-state index in [1.54, 1.807) is 0 Å². The number of hydrogen-bond acceptors (Lipinski definition) is 16. The first kappa shape index (κ1) is 33.9. The topological polar surface area (TPSA) is 275 Å². The molecule has 0 bridgehead atoms. The molecule has 10 N–H and O–H groups in total. The lowest BCUT2D eigenvalue weighted by Gasteiger charge is -2.47. The van der Waals surface area contributed by atoms with E-state index >= 15 is 0 Å². The highest BCUT2D eigenvalue weighted by atomic mass is 16.7. The molecule has 18 heteroatoms. The zero-order chi connectivity index (χ0) is 30.6. The monoisotopic (exact) mass is 600 g/mol. The van der Waals surface area contributed by atoms with Gasteiger partial charge in [0.15, 0.2) is 18.9 Å². The fraction of sp³-hybridized carbons (Fsp3) is 0.913. The van der Waals surface area contributed by atoms with E-state index in [1.165, 1.54) is 7.11 Å². The van der Waals surface area contributed by atoms with Gasteiger partial charge < -0.3 is 79.9 Å². The Bertz CT molecular complexity index is 870. The van der Waals surface area contributed by atoms with Crippen LogP contribution >= 0.6 is 0 Å². The molecule has 0 aromatic carbocycles. The number of methoxy groups -OCH3 is 1. The third-order valence-electron chi connectivity index (χ3n) is 7.09. The molecule has 15 unspecified atom stereocenters. The Morgan fingerprint density at radius 2 is 1.12 bits per heavy atom. The highest BCUT2D eigenvalue weighted by molar-refractivity contribution is 5.73. The summed E-state index contributed by atoms with van der Waals surface area (Å²) in [4.78, 5) is 23.4. The fourth-order valence-corrected chi connectivity index (χ4v) is 4.94. The van der Waals surface area contributed by atoms with Crippen molar-refractivity contribution >= 4 is 11.8 Å². The number of hydrogen-bond donors (Lipinski definition) is 10. The van der Waals surface area contributed by atoms with Gasteiger partial charge in [-0.3, -0.25) is 9.59 Å². The molecule has 0 spiro atoms. The summed E-state index contributed by atoms with van der Waals surface area (Å²) in [5.74, 6) is -1.20. The predicted molar refractivity (Wildman–Crippen MR) is 129 cm³/mol. The first-order valence-electron chi connectivity index (χ1n) is 12.9. The lowest BCUT2D eigenvalue weighted by molar-refractivity contribution is -0.351. The van der Waals surface area contributed by atoms with Gasteiger partial charge in [0.05, 0.1) is 19.8 Å². The predicted octanol–water partition coefficient (Wildman–Crippen LogP) is -6.63. The van der Waals surface area contributed by atoms with E-state index in [0.29, 0.717) is 0 Å². The molecule has 3 aliphatic rings. The van der Waals surface area contributed by atoms with Crippen molar-refractivity contribution in [2.45, 2.75) is 106 Å². The first-order chi connectivity index (χ1) is 19.3. The second-order valence-electron chi connectivity index (χ2n) is 10.1. The summed E-state index contributed by atoms with van der Waals surface area (Å²) in [6.45, 7) is 0.366. The molecule has 0 aliphatic carbocycles. The molecule has 3 fully saturated rings. The average molecular weight is 601 g/mol. The standard InChI is InChI=1S/C23H40N2O16/c1-7(28)24-12-17(33)14(30)9(4-26)38-21(12)37-6-11-16(32)20(19(35)23(36-3)40-11)41-22-13(25-8(2)29)18(34)15(31)10(5-27)39-22/h9-23,26-27,30-35H,4-6H2,1-3H3,(H,24,28)(H,25,29). The van der Waals surface area contributed by atoms with Crippen LogP contribution in [0, 0.1) is 0 Å². The van der Waals surface area contributed by atoms with Crippen LogP contribution in [0.1, 0.15) is 13.8 Å². The molecule has 41 heavy (non-hydrogen) atoms. The van der Waals surface area contributed by atoms with Gasteiger partial charge in [-0.2, -0.15) is 0 Å². The molecule has 3 rings (SSSR count). The minimum absolute atomic E-state index is 0.517. The van der Waals surface area contributed by atoms with Gasteiger partial charge >= 0.3 is 0 Å². The van der Waals surface area contributed by atoms with Gasteiger partial charge in [-0.25, -0.2) is 0 Å². The molecule has 15 atom stereocenters. The van der Waals surface area contributed by atoms with Crippen molar-refractivity contribution in [1.82, 2.24) is 10.6 Å². The van der Waals surface area contributed by atoms with Gasteiger partial charge in [0.25, 0.3) is 0 Å². The summed E-state index contributed by atoms with van der Waals surface area (Å²) in [6, 6.07) is -2.65. The number of amides is 2. The Labute approximate surface area is 234 Å². The Kier molecular flexibility index (Phi) is 12.2. The van der Waals surface area contributed by atoms with Crippen LogP contribution in [0.4, 0.5) is 0 Å². The van der Waals surface area contributed by atoms with Crippen molar-refractivity contribution in [3.05, 3.63) is 0 Å². The Morgan fingerprint density at radius 1 is 0.659 bits per heavy atom. The molecule has 3 heterocycles. The van der Waals surface area contributed by atoms with Gasteiger partial charge in [-0.1, -0.05) is 0 Å². The summed E-state index contributed by atoms with van der Waals surface area (Å²) in [5, 5.41) is 87.1. The molecular weight excluding hydrogens is 560 g/mol. The molecule has 238 valence electrons. The lowest BCUT2D eigenvalue weighted by atomic mass is 9.95. The molecule has 3 aliphatic heterocycles. The fourth-order valence-electron chi connectivity index (χ4n) is 4.94. The van der Waals surface area contributed by atoms with Crippen molar-refractivity contribution in [2.24, 2.45) is 0 Å². The summed E-state index contributed by atoms with van der Waals surface area (Å²) in [7, 11) is 1.19. The molecule has 3 saturated heterocycles. The van der Waals surface area contributed by atoms with Crippen molar-refractivity contribution in [1.29, 1.82) is 0 Å². The van der Waals surface area contributed by atoms with E-state index in [-0.39, 0.29) is 0 Å². The molecule has 0 radical (unpaired) electrons. The van der Waals surface area contributed by atoms with Crippen LogP contribution in [0.25, 0.3) is 0 Å². The molecule has 0 saturated carbocycles. The van der Waals surface area contributed by atoms with Crippen LogP contribution in [0.15, 0.2) is 0 Å². The molecular formula is C23H40N2O16. The van der Waals surface area contributed by atoms with E-state index in [1.807, 2.05) is 0 Å². The van der Waals surface area contributed by atoms with Crippen LogP contribution in [-0.4, -0.2) is 172 Å². The van der Waals surface area contributed by atoms with Gasteiger partial charge in [0.2, 0.25) is 11.8 Å². The number of aliphatic hydroxyl groups is 8. The zero-order valence-corrected chi connectivity index (χ0v) is 22.6. The minimum atomic E-state index is -1.69. The van der Waals surface area contributed by atoms with Gasteiger partial charge in [0, 0.05) is 21.0 Å². The lowest BCUT2D eigenvalue weighted by Crippen LogP contribution is -2.68. The highest BCUT2D eigenvalue weighted by Crippen LogP contribution is 2.30. The summed E-state index contributed by atoms with van der Waals surface area (Å²) >= 11 is 0. The number of carbonyl (C=O) groups is 2. The third kappa shape index (κ3) is 7.67. The number of nitrogens with one attached hydrogen (secondary N) is 2. The summed E-state index contributed by atoms with van der Waals surface area (Å²) in [5.41, 5.74) is 0. The Morgan fingerprint density at radius 3 is 1.59 bits per heavy atom. The normalized spacial score (nSPS) is 45.2. The molecule has 0 aromatic rings. The summed E-state index contributed by atoms with van der Waals surface area (Å²) < 4.78 is 33.2. The van der Waals surface area contributed by atoms with Crippen molar-refractivity contribution in [3.63, 3.8) is 0 Å². The van der Waals surface area contributed by atoms with Crippen molar-refractivity contribution in [2.75, 3.05) is 26.9 Å². The molecule has 2 amide bonds. The first-order valence-corrected chi connectivity index (χ1v) is 12.9. The van der Waals surface area contributed by atoms with Crippen LogP contribution in [0.2, 0.25) is 0 Å². The quantitative estimate of drug-likeness (QED) is 0.112. The average Bonchev–Trinajstić information content (AvgIpc) is 2.92. The smallest absolute Gasteiger partial charge is 0.217 e. The maximum atomic E-state index is 11.7. The maximum absolute atomic E-state index is 11.7. The Balaban J connectivity index is 1.79. The number of rotatable bonds is 10. The second kappa shape index (κ2) is 14.7. The third-order valence-corrected chi connectivity index (χ3v) is 7.09. The second-order valence-corrected chi connectivity index (χ2v) is 10.1. The Hall–Kier alpha value is -1.62. The van der Waals surface area contributed by atoms with Crippen molar-refractivity contribution < 1.29 is 78.9 Å². The number of carbonyl (C=O) groups excluding carboxylic acids is 2. The van der Waals surface area contributed by atoms with Crippen LogP contribution in [-0.2, 0) is 38.0 Å². The van der Waals surface area contributed by atoms with Gasteiger partial charge in [0.1, 0.15) is 73.1 Å². The van der Waals surface area contributed by atoms with E-state index in [4.69, 9.17) is 28.4 Å². The maximum Gasteiger partial charge on any atom is 0.217 e. The van der Waals surface area contributed by atoms with Crippen LogP contribution in [0.5, 0.6) is 0 Å². The minimum Gasteiger partial charge on any atom is -0.394 e. The highest BCUT2D eigenvalue weighted by Gasteiger charge is 2.52. The van der Waals surface area contributed by atoms with Gasteiger partial charge in [-0.15, -0.1) is 0 Å². The number of ether oxygens (including phenoxy) is 6. The summed E-state index contributed by atoms with van der Waals surface area (Å²) in [6.07, 6.45) is -19.6. The van der Waals surface area contributed by atoms with E-state index in [0.717, 1.165) is 13.8 Å². The molecule has 18 nitrogen and oxygen atoms in total. The number of aliphatic hydroxyl groups excluding tert-OH is 8. The van der Waals surface area contributed by atoms with Crippen LogP contribution < -0.4 is 10.6 Å². The molecule has 0 aromatic heterocycles. The SMILES string of the molecule is COC1OC(COC2OC(CO)C(O)C(O)C2NC(C)=O)C(O)C(OC2OC(CO)C(O)C(O)C2NC(C)=O)C1O. The van der Waals surface area contributed by atoms with Crippen LogP contribution in [0.3, 0.4) is 0 Å². The van der Waals surface area contributed by atoms with Gasteiger partial charge in [-0.05, 0) is 0 Å². The van der Waals surface area contributed by atoms with Crippen molar-refractivity contribution in [3.8, 4) is 0 Å². The zero-order valence-electron chi connectivity index (χ0n) is 22.6. The van der Waals surface area contributed by atoms with E-state index in [9.17, 15) is 50.4 Å². The van der Waals surface area contributed by atoms with E-state index in [2.05, 4.69) is 10.6 Å². The largest absolute Gasteiger partial charge is 0.394 e. The van der Waals surface area contributed by atoms with E-state index < -0.39 is 124 Å².